The Balaban J connectivity index is 0.00000133. The highest BCUT2D eigenvalue weighted by Gasteiger charge is 2.43. The van der Waals surface area contributed by atoms with Gasteiger partial charge in [-0.2, -0.15) is 0 Å². The Morgan fingerprint density at radius 3 is 2.79 bits per heavy atom. The molecule has 0 radical (unpaired) electrons. The molecule has 3 rings (SSSR count). The summed E-state index contributed by atoms with van der Waals surface area (Å²) in [6.07, 6.45) is 4.14. The van der Waals surface area contributed by atoms with Crippen molar-refractivity contribution in [1.82, 2.24) is 10.3 Å². The molecule has 19 heavy (non-hydrogen) atoms. The van der Waals surface area contributed by atoms with Crippen LogP contribution in [0.4, 0.5) is 5.13 Å². The first-order valence-electron chi connectivity index (χ1n) is 5.89. The lowest BCUT2D eigenvalue weighted by atomic mass is 10.1. The van der Waals surface area contributed by atoms with Crippen LogP contribution < -0.4 is 11.1 Å². The number of halogens is 2. The van der Waals surface area contributed by atoms with Crippen LogP contribution in [0.25, 0.3) is 0 Å². The van der Waals surface area contributed by atoms with Gasteiger partial charge >= 0.3 is 0 Å². The molecule has 102 valence electrons. The molecule has 1 heterocycles. The van der Waals surface area contributed by atoms with Crippen LogP contribution in [0.2, 0.25) is 5.02 Å². The molecule has 0 bridgehead atoms. The second kappa shape index (κ2) is 5.67. The highest BCUT2D eigenvalue weighted by molar-refractivity contribution is 7.15. The van der Waals surface area contributed by atoms with Crippen LogP contribution in [0.15, 0.2) is 30.5 Å². The van der Waals surface area contributed by atoms with Crippen LogP contribution in [-0.4, -0.2) is 4.98 Å². The number of hydrogen-bond donors (Lipinski definition) is 2. The number of nitrogens with one attached hydrogen (secondary N) is 1. The zero-order valence-electron chi connectivity index (χ0n) is 10.2. The summed E-state index contributed by atoms with van der Waals surface area (Å²) in [6, 6.07) is 8.09. The van der Waals surface area contributed by atoms with Crippen LogP contribution in [0.1, 0.15) is 23.3 Å². The van der Waals surface area contributed by atoms with Gasteiger partial charge in [-0.05, 0) is 30.5 Å². The third kappa shape index (κ3) is 3.20. The predicted octanol–water partition coefficient (Wildman–Crippen LogP) is 3.58. The molecular weight excluding hydrogens is 301 g/mol. The first-order valence-corrected chi connectivity index (χ1v) is 7.09. The standard InChI is InChI=1S/C13H14ClN3S.ClH/c14-10-3-1-2-9(6-10)13(4-5-13)17-8-11-7-16-12(15)18-11;/h1-3,6-7,17H,4-5,8H2,(H2,15,16);1H. The summed E-state index contributed by atoms with van der Waals surface area (Å²) in [5, 5.41) is 5.02. The second-order valence-electron chi connectivity index (χ2n) is 4.61. The van der Waals surface area contributed by atoms with Gasteiger partial charge in [0.05, 0.1) is 0 Å². The van der Waals surface area contributed by atoms with E-state index in [1.54, 1.807) is 0 Å². The maximum atomic E-state index is 6.05. The Kier molecular flexibility index (Phi) is 4.36. The average Bonchev–Trinajstić information content (AvgIpc) is 3.04. The lowest BCUT2D eigenvalue weighted by molar-refractivity contribution is 0.522. The van der Waals surface area contributed by atoms with Crippen molar-refractivity contribution in [2.45, 2.75) is 24.9 Å². The maximum absolute atomic E-state index is 6.05. The summed E-state index contributed by atoms with van der Waals surface area (Å²) < 4.78 is 0. The first kappa shape index (κ1) is 14.6. The van der Waals surface area contributed by atoms with Gasteiger partial charge in [0, 0.05) is 28.2 Å². The largest absolute Gasteiger partial charge is 0.375 e. The molecule has 0 unspecified atom stereocenters. The molecule has 0 atom stereocenters. The van der Waals surface area contributed by atoms with Crippen LogP contribution in [-0.2, 0) is 12.1 Å². The zero-order valence-corrected chi connectivity index (χ0v) is 12.6. The average molecular weight is 316 g/mol. The molecule has 1 aromatic carbocycles. The summed E-state index contributed by atoms with van der Waals surface area (Å²) in [7, 11) is 0. The Hall–Kier alpha value is -0.810. The van der Waals surface area contributed by atoms with Gasteiger partial charge in [0.15, 0.2) is 5.13 Å². The van der Waals surface area contributed by atoms with E-state index >= 15 is 0 Å². The van der Waals surface area contributed by atoms with Crippen molar-refractivity contribution in [2.75, 3.05) is 5.73 Å². The van der Waals surface area contributed by atoms with Gasteiger partial charge in [-0.3, -0.25) is 0 Å². The van der Waals surface area contributed by atoms with E-state index in [1.807, 2.05) is 24.4 Å². The number of nitrogens with zero attached hydrogens (tertiary/aromatic N) is 1. The van der Waals surface area contributed by atoms with E-state index in [4.69, 9.17) is 17.3 Å². The quantitative estimate of drug-likeness (QED) is 0.906. The van der Waals surface area contributed by atoms with Crippen molar-refractivity contribution in [3.63, 3.8) is 0 Å². The molecule has 0 aliphatic heterocycles. The number of nitrogen functional groups attached to an aromatic ring is 1. The van der Waals surface area contributed by atoms with Gasteiger partial charge in [-0.1, -0.05) is 23.7 Å². The lowest BCUT2D eigenvalue weighted by Crippen LogP contribution is -2.27. The maximum Gasteiger partial charge on any atom is 0.180 e. The summed E-state index contributed by atoms with van der Waals surface area (Å²) >= 11 is 7.58. The van der Waals surface area contributed by atoms with E-state index < -0.39 is 0 Å². The molecular formula is C13H15Cl2N3S. The van der Waals surface area contributed by atoms with E-state index in [0.717, 1.165) is 24.4 Å². The number of rotatable bonds is 4. The molecule has 1 aliphatic carbocycles. The molecule has 1 fully saturated rings. The van der Waals surface area contributed by atoms with Crippen LogP contribution in [0.5, 0.6) is 0 Å². The highest BCUT2D eigenvalue weighted by atomic mass is 35.5. The molecule has 1 aliphatic rings. The van der Waals surface area contributed by atoms with E-state index in [1.165, 1.54) is 21.8 Å². The van der Waals surface area contributed by atoms with E-state index in [2.05, 4.69) is 16.4 Å². The third-order valence-corrected chi connectivity index (χ3v) is 4.36. The number of nitrogens with two attached hydrogens (primary N) is 1. The van der Waals surface area contributed by atoms with Crippen molar-refractivity contribution in [3.8, 4) is 0 Å². The Labute approximate surface area is 127 Å². The molecule has 0 amide bonds. The topological polar surface area (TPSA) is 50.9 Å². The van der Waals surface area contributed by atoms with Gasteiger partial charge in [0.2, 0.25) is 0 Å². The highest BCUT2D eigenvalue weighted by Crippen LogP contribution is 2.46. The van der Waals surface area contributed by atoms with Gasteiger partial charge in [-0.15, -0.1) is 23.7 Å². The van der Waals surface area contributed by atoms with Crippen LogP contribution in [0, 0.1) is 0 Å². The van der Waals surface area contributed by atoms with Crippen molar-refractivity contribution in [1.29, 1.82) is 0 Å². The summed E-state index contributed by atoms with van der Waals surface area (Å²) in [5.74, 6) is 0. The summed E-state index contributed by atoms with van der Waals surface area (Å²) in [4.78, 5) is 5.23. The molecule has 1 aromatic heterocycles. The van der Waals surface area contributed by atoms with E-state index in [-0.39, 0.29) is 17.9 Å². The molecule has 6 heteroatoms. The number of thiazole rings is 1. The number of hydrogen-bond acceptors (Lipinski definition) is 4. The Morgan fingerprint density at radius 1 is 1.42 bits per heavy atom. The fourth-order valence-corrected chi connectivity index (χ4v) is 2.95. The lowest BCUT2D eigenvalue weighted by Gasteiger charge is -2.17. The Bertz CT molecular complexity index is 567. The zero-order chi connectivity index (χ0) is 12.6. The summed E-state index contributed by atoms with van der Waals surface area (Å²) in [5.41, 5.74) is 7.00. The van der Waals surface area contributed by atoms with Gasteiger partial charge in [0.25, 0.3) is 0 Å². The first-order chi connectivity index (χ1) is 8.68. The van der Waals surface area contributed by atoms with E-state index in [0.29, 0.717) is 5.13 Å². The fourth-order valence-electron chi connectivity index (χ4n) is 2.14. The molecule has 3 N–H and O–H groups in total. The molecule has 0 spiro atoms. The minimum atomic E-state index is 0. The smallest absolute Gasteiger partial charge is 0.180 e. The molecule has 0 saturated heterocycles. The Morgan fingerprint density at radius 2 is 2.21 bits per heavy atom. The number of anilines is 1. The normalized spacial score (nSPS) is 15.8. The fraction of sp³-hybridized carbons (Fsp3) is 0.308. The second-order valence-corrected chi connectivity index (χ2v) is 6.19. The number of aromatic nitrogens is 1. The minimum Gasteiger partial charge on any atom is -0.375 e. The van der Waals surface area contributed by atoms with E-state index in [9.17, 15) is 0 Å². The van der Waals surface area contributed by atoms with Gasteiger partial charge in [0.1, 0.15) is 0 Å². The van der Waals surface area contributed by atoms with Crippen LogP contribution >= 0.6 is 35.3 Å². The third-order valence-electron chi connectivity index (χ3n) is 3.30. The van der Waals surface area contributed by atoms with Crippen molar-refractivity contribution >= 4 is 40.5 Å². The van der Waals surface area contributed by atoms with Gasteiger partial charge in [-0.25, -0.2) is 4.98 Å². The monoisotopic (exact) mass is 315 g/mol. The molecule has 3 nitrogen and oxygen atoms in total. The van der Waals surface area contributed by atoms with Crippen molar-refractivity contribution in [3.05, 3.63) is 45.9 Å². The number of benzene rings is 1. The van der Waals surface area contributed by atoms with Gasteiger partial charge < -0.3 is 11.1 Å². The SMILES string of the molecule is Cl.Nc1ncc(CNC2(c3cccc(Cl)c3)CC2)s1. The van der Waals surface area contributed by atoms with Crippen molar-refractivity contribution in [2.24, 2.45) is 0 Å². The molecule has 1 saturated carbocycles. The summed E-state index contributed by atoms with van der Waals surface area (Å²) in [6.45, 7) is 0.807. The molecule has 2 aromatic rings. The van der Waals surface area contributed by atoms with Crippen LogP contribution in [0.3, 0.4) is 0 Å². The minimum absolute atomic E-state index is 0. The predicted molar refractivity (Wildman–Crippen MR) is 83.0 cm³/mol. The van der Waals surface area contributed by atoms with Crippen molar-refractivity contribution < 1.29 is 0 Å².